The fraction of sp³-hybridized carbons (Fsp3) is 0.667. The van der Waals surface area contributed by atoms with Crippen LogP contribution in [0, 0.1) is 5.41 Å². The van der Waals surface area contributed by atoms with E-state index in [1.807, 2.05) is 12.1 Å². The molecule has 2 fully saturated rings. The lowest BCUT2D eigenvalue weighted by molar-refractivity contribution is 0.0356. The minimum absolute atomic E-state index is 0.524. The van der Waals surface area contributed by atoms with Gasteiger partial charge >= 0.3 is 0 Å². The number of rotatable bonds is 3. The van der Waals surface area contributed by atoms with Crippen molar-refractivity contribution < 1.29 is 0 Å². The third kappa shape index (κ3) is 3.44. The Hall–Kier alpha value is -0.570. The molecular formula is C18H27ClN2. The van der Waals surface area contributed by atoms with E-state index in [4.69, 9.17) is 11.6 Å². The molecule has 1 spiro atoms. The lowest BCUT2D eigenvalue weighted by Gasteiger charge is -2.48. The van der Waals surface area contributed by atoms with Crippen LogP contribution >= 0.6 is 11.6 Å². The molecule has 0 bridgehead atoms. The van der Waals surface area contributed by atoms with Crippen LogP contribution in [0.2, 0.25) is 5.02 Å². The standard InChI is InChI=1S/C18H27ClN2/c1-2-17(15-5-7-16(19)8-6-15)21-12-4-10-18(14-21)9-3-11-20-13-18/h5-8,17,20H,2-4,9-14H2,1H3. The van der Waals surface area contributed by atoms with Gasteiger partial charge in [-0.1, -0.05) is 30.7 Å². The summed E-state index contributed by atoms with van der Waals surface area (Å²) >= 11 is 6.04. The molecule has 0 amide bonds. The van der Waals surface area contributed by atoms with Crippen LogP contribution in [0.25, 0.3) is 0 Å². The van der Waals surface area contributed by atoms with Gasteiger partial charge in [0.15, 0.2) is 0 Å². The van der Waals surface area contributed by atoms with Crippen molar-refractivity contribution in [2.24, 2.45) is 5.41 Å². The average Bonchev–Trinajstić information content (AvgIpc) is 2.51. The topological polar surface area (TPSA) is 15.3 Å². The minimum Gasteiger partial charge on any atom is -0.316 e. The summed E-state index contributed by atoms with van der Waals surface area (Å²) in [4.78, 5) is 2.72. The first-order valence-corrected chi connectivity index (χ1v) is 8.80. The van der Waals surface area contributed by atoms with E-state index in [-0.39, 0.29) is 0 Å². The fourth-order valence-corrected chi connectivity index (χ4v) is 4.41. The molecule has 0 aromatic heterocycles. The third-order valence-corrected chi connectivity index (χ3v) is 5.59. The van der Waals surface area contributed by atoms with Crippen molar-refractivity contribution in [3.63, 3.8) is 0 Å². The number of piperidine rings is 2. The maximum absolute atomic E-state index is 6.04. The van der Waals surface area contributed by atoms with Crippen LogP contribution in [0.15, 0.2) is 24.3 Å². The van der Waals surface area contributed by atoms with Gasteiger partial charge in [-0.05, 0) is 68.3 Å². The van der Waals surface area contributed by atoms with Crippen LogP contribution in [0.1, 0.15) is 50.6 Å². The number of hydrogen-bond acceptors (Lipinski definition) is 2. The number of benzene rings is 1. The van der Waals surface area contributed by atoms with Gasteiger partial charge in [0.1, 0.15) is 0 Å². The number of halogens is 1. The molecule has 3 rings (SSSR count). The summed E-state index contributed by atoms with van der Waals surface area (Å²) in [6.45, 7) is 7.21. The summed E-state index contributed by atoms with van der Waals surface area (Å²) < 4.78 is 0. The van der Waals surface area contributed by atoms with Gasteiger partial charge < -0.3 is 5.32 Å². The van der Waals surface area contributed by atoms with Gasteiger partial charge in [0.25, 0.3) is 0 Å². The van der Waals surface area contributed by atoms with Gasteiger partial charge in [-0.25, -0.2) is 0 Å². The summed E-state index contributed by atoms with van der Waals surface area (Å²) in [5, 5.41) is 4.46. The molecule has 3 heteroatoms. The molecule has 2 saturated heterocycles. The van der Waals surface area contributed by atoms with Crippen molar-refractivity contribution in [2.75, 3.05) is 26.2 Å². The fourth-order valence-electron chi connectivity index (χ4n) is 4.28. The van der Waals surface area contributed by atoms with Gasteiger partial charge in [-0.15, -0.1) is 0 Å². The monoisotopic (exact) mass is 306 g/mol. The highest BCUT2D eigenvalue weighted by molar-refractivity contribution is 6.30. The summed E-state index contributed by atoms with van der Waals surface area (Å²) in [6.07, 6.45) is 6.64. The van der Waals surface area contributed by atoms with E-state index in [9.17, 15) is 0 Å². The molecule has 2 heterocycles. The summed E-state index contributed by atoms with van der Waals surface area (Å²) in [6, 6.07) is 9.01. The predicted molar refractivity (Wildman–Crippen MR) is 89.8 cm³/mol. The number of nitrogens with zero attached hydrogens (tertiary/aromatic N) is 1. The highest BCUT2D eigenvalue weighted by atomic mass is 35.5. The molecule has 1 aromatic rings. The molecule has 116 valence electrons. The van der Waals surface area contributed by atoms with Crippen molar-refractivity contribution in [1.29, 1.82) is 0 Å². The molecule has 0 aliphatic carbocycles. The molecule has 2 atom stereocenters. The second-order valence-electron chi connectivity index (χ2n) is 6.83. The molecule has 1 N–H and O–H groups in total. The molecule has 2 aliphatic rings. The van der Waals surface area contributed by atoms with Gasteiger partial charge in [0.05, 0.1) is 0 Å². The van der Waals surface area contributed by atoms with E-state index in [0.29, 0.717) is 11.5 Å². The van der Waals surface area contributed by atoms with E-state index in [1.165, 1.54) is 63.8 Å². The van der Waals surface area contributed by atoms with Crippen LogP contribution in [-0.2, 0) is 0 Å². The summed E-state index contributed by atoms with van der Waals surface area (Å²) in [5.74, 6) is 0. The molecular weight excluding hydrogens is 280 g/mol. The predicted octanol–water partition coefficient (Wildman–Crippen LogP) is 4.26. The number of likely N-dealkylation sites (tertiary alicyclic amines) is 1. The molecule has 21 heavy (non-hydrogen) atoms. The lowest BCUT2D eigenvalue weighted by atomic mass is 9.74. The highest BCUT2D eigenvalue weighted by Crippen LogP contribution is 2.39. The SMILES string of the molecule is CCC(c1ccc(Cl)cc1)N1CCCC2(CCCNC2)C1. The number of nitrogens with one attached hydrogen (secondary N) is 1. The van der Waals surface area contributed by atoms with Crippen molar-refractivity contribution in [3.8, 4) is 0 Å². The van der Waals surface area contributed by atoms with Crippen molar-refractivity contribution in [2.45, 2.75) is 45.1 Å². The summed E-state index contributed by atoms with van der Waals surface area (Å²) in [5.41, 5.74) is 1.94. The number of hydrogen-bond donors (Lipinski definition) is 1. The molecule has 2 aliphatic heterocycles. The van der Waals surface area contributed by atoms with Gasteiger partial charge in [-0.2, -0.15) is 0 Å². The van der Waals surface area contributed by atoms with E-state index < -0.39 is 0 Å². The van der Waals surface area contributed by atoms with E-state index in [0.717, 1.165) is 5.02 Å². The maximum Gasteiger partial charge on any atom is 0.0406 e. The van der Waals surface area contributed by atoms with Crippen LogP contribution in [0.3, 0.4) is 0 Å². The van der Waals surface area contributed by atoms with Crippen LogP contribution in [0.4, 0.5) is 0 Å². The Morgan fingerprint density at radius 1 is 1.24 bits per heavy atom. The van der Waals surface area contributed by atoms with Crippen LogP contribution in [-0.4, -0.2) is 31.1 Å². The van der Waals surface area contributed by atoms with E-state index in [1.54, 1.807) is 0 Å². The second-order valence-corrected chi connectivity index (χ2v) is 7.27. The minimum atomic E-state index is 0.524. The van der Waals surface area contributed by atoms with Crippen LogP contribution in [0.5, 0.6) is 0 Å². The first-order valence-electron chi connectivity index (χ1n) is 8.43. The molecule has 1 aromatic carbocycles. The molecule has 2 unspecified atom stereocenters. The van der Waals surface area contributed by atoms with Crippen LogP contribution < -0.4 is 5.32 Å². The highest BCUT2D eigenvalue weighted by Gasteiger charge is 2.38. The Bertz CT molecular complexity index is 445. The second kappa shape index (κ2) is 6.68. The Kier molecular flexibility index (Phi) is 4.88. The first-order chi connectivity index (χ1) is 10.2. The molecule has 0 radical (unpaired) electrons. The largest absolute Gasteiger partial charge is 0.316 e. The van der Waals surface area contributed by atoms with Gasteiger partial charge in [-0.3, -0.25) is 4.90 Å². The Morgan fingerprint density at radius 3 is 2.67 bits per heavy atom. The zero-order valence-electron chi connectivity index (χ0n) is 13.1. The normalized spacial score (nSPS) is 28.7. The zero-order valence-corrected chi connectivity index (χ0v) is 13.8. The Labute approximate surface area is 133 Å². The maximum atomic E-state index is 6.04. The average molecular weight is 307 g/mol. The quantitative estimate of drug-likeness (QED) is 0.898. The van der Waals surface area contributed by atoms with Gasteiger partial charge in [0.2, 0.25) is 0 Å². The van der Waals surface area contributed by atoms with Gasteiger partial charge in [0, 0.05) is 24.2 Å². The Balaban J connectivity index is 1.75. The Morgan fingerprint density at radius 2 is 2.00 bits per heavy atom. The van der Waals surface area contributed by atoms with E-state index >= 15 is 0 Å². The first kappa shape index (κ1) is 15.3. The summed E-state index contributed by atoms with van der Waals surface area (Å²) in [7, 11) is 0. The molecule has 0 saturated carbocycles. The smallest absolute Gasteiger partial charge is 0.0406 e. The zero-order chi connectivity index (χ0) is 14.7. The third-order valence-electron chi connectivity index (χ3n) is 5.33. The van der Waals surface area contributed by atoms with E-state index in [2.05, 4.69) is 29.3 Å². The van der Waals surface area contributed by atoms with Crippen molar-refractivity contribution in [1.82, 2.24) is 10.2 Å². The van der Waals surface area contributed by atoms with Crippen molar-refractivity contribution >= 4 is 11.6 Å². The lowest BCUT2D eigenvalue weighted by Crippen LogP contribution is -2.51. The molecule has 2 nitrogen and oxygen atoms in total. The van der Waals surface area contributed by atoms with Crippen molar-refractivity contribution in [3.05, 3.63) is 34.9 Å².